The Morgan fingerprint density at radius 2 is 1.87 bits per heavy atom. The number of esters is 1. The van der Waals surface area contributed by atoms with Crippen molar-refractivity contribution >= 4 is 16.0 Å². The Balaban J connectivity index is 2.02. The van der Waals surface area contributed by atoms with Gasteiger partial charge in [0.25, 0.3) is 0 Å². The number of sulfonamides is 1. The van der Waals surface area contributed by atoms with Crippen LogP contribution in [0.25, 0.3) is 0 Å². The third kappa shape index (κ3) is 4.24. The van der Waals surface area contributed by atoms with Gasteiger partial charge >= 0.3 is 5.97 Å². The lowest BCUT2D eigenvalue weighted by atomic mass is 10.3. The van der Waals surface area contributed by atoms with Crippen LogP contribution in [0.1, 0.15) is 6.92 Å². The molecule has 0 spiro atoms. The quantitative estimate of drug-likeness (QED) is 0.738. The lowest BCUT2D eigenvalue weighted by Crippen LogP contribution is -2.50. The number of piperazine rings is 1. The van der Waals surface area contributed by atoms with Crippen molar-refractivity contribution < 1.29 is 26.7 Å². The van der Waals surface area contributed by atoms with Crippen LogP contribution in [-0.4, -0.2) is 62.9 Å². The summed E-state index contributed by atoms with van der Waals surface area (Å²) in [5.41, 5.74) is 0. The molecule has 0 saturated carbocycles. The Morgan fingerprint density at radius 3 is 2.43 bits per heavy atom. The number of hydrogen-bond acceptors (Lipinski definition) is 5. The number of carbonyl (C=O) groups is 1. The van der Waals surface area contributed by atoms with Crippen molar-refractivity contribution in [3.63, 3.8) is 0 Å². The third-order valence-electron chi connectivity index (χ3n) is 3.50. The van der Waals surface area contributed by atoms with Crippen LogP contribution in [0.4, 0.5) is 8.78 Å². The van der Waals surface area contributed by atoms with Crippen molar-refractivity contribution in [1.82, 2.24) is 9.21 Å². The number of benzene rings is 1. The van der Waals surface area contributed by atoms with E-state index in [2.05, 4.69) is 0 Å². The molecule has 0 atom stereocenters. The highest BCUT2D eigenvalue weighted by Crippen LogP contribution is 2.21. The Kier molecular flexibility index (Phi) is 5.66. The van der Waals surface area contributed by atoms with Crippen LogP contribution in [0.2, 0.25) is 0 Å². The number of carbonyl (C=O) groups excluding carboxylic acids is 1. The summed E-state index contributed by atoms with van der Waals surface area (Å²) in [5.74, 6) is -2.31. The highest BCUT2D eigenvalue weighted by Gasteiger charge is 2.31. The first kappa shape index (κ1) is 17.8. The second-order valence-electron chi connectivity index (χ2n) is 5.06. The molecule has 0 aliphatic carbocycles. The topological polar surface area (TPSA) is 66.9 Å². The van der Waals surface area contributed by atoms with Gasteiger partial charge in [-0.05, 0) is 19.1 Å². The molecule has 0 N–H and O–H groups in total. The van der Waals surface area contributed by atoms with E-state index in [-0.39, 0.29) is 32.2 Å². The van der Waals surface area contributed by atoms with Crippen LogP contribution in [0.3, 0.4) is 0 Å². The van der Waals surface area contributed by atoms with Gasteiger partial charge in [0.1, 0.15) is 16.5 Å². The predicted octanol–water partition coefficient (Wildman–Crippen LogP) is 0.834. The first-order valence-electron chi connectivity index (χ1n) is 7.17. The van der Waals surface area contributed by atoms with E-state index in [0.29, 0.717) is 19.2 Å². The molecule has 0 aromatic heterocycles. The highest BCUT2D eigenvalue weighted by atomic mass is 32.2. The molecule has 23 heavy (non-hydrogen) atoms. The molecule has 1 aromatic carbocycles. The van der Waals surface area contributed by atoms with Crippen molar-refractivity contribution in [2.75, 3.05) is 39.3 Å². The summed E-state index contributed by atoms with van der Waals surface area (Å²) in [6, 6.07) is 2.38. The molecule has 1 aromatic rings. The molecule has 1 aliphatic heterocycles. The fraction of sp³-hybridized carbons (Fsp3) is 0.500. The molecule has 1 fully saturated rings. The number of halogens is 2. The lowest BCUT2D eigenvalue weighted by Gasteiger charge is -2.33. The smallest absolute Gasteiger partial charge is 0.320 e. The molecule has 1 saturated heterocycles. The van der Waals surface area contributed by atoms with Gasteiger partial charge in [-0.25, -0.2) is 17.2 Å². The maximum absolute atomic E-state index is 13.7. The van der Waals surface area contributed by atoms with E-state index in [0.717, 1.165) is 16.4 Å². The Bertz CT molecular complexity index is 673. The maximum Gasteiger partial charge on any atom is 0.320 e. The number of rotatable bonds is 5. The minimum Gasteiger partial charge on any atom is -0.465 e. The van der Waals surface area contributed by atoms with Crippen LogP contribution in [0.15, 0.2) is 23.1 Å². The van der Waals surface area contributed by atoms with Crippen LogP contribution < -0.4 is 0 Å². The highest BCUT2D eigenvalue weighted by molar-refractivity contribution is 7.89. The molecule has 6 nitrogen and oxygen atoms in total. The van der Waals surface area contributed by atoms with E-state index in [9.17, 15) is 22.0 Å². The van der Waals surface area contributed by atoms with E-state index in [1.165, 1.54) is 0 Å². The van der Waals surface area contributed by atoms with Gasteiger partial charge in [0, 0.05) is 32.2 Å². The molecule has 0 amide bonds. The van der Waals surface area contributed by atoms with Crippen LogP contribution >= 0.6 is 0 Å². The zero-order valence-electron chi connectivity index (χ0n) is 12.7. The fourth-order valence-corrected chi connectivity index (χ4v) is 3.81. The summed E-state index contributed by atoms with van der Waals surface area (Å²) in [6.07, 6.45) is 0. The monoisotopic (exact) mass is 348 g/mol. The van der Waals surface area contributed by atoms with Gasteiger partial charge in [0.05, 0.1) is 13.2 Å². The third-order valence-corrected chi connectivity index (χ3v) is 5.43. The zero-order chi connectivity index (χ0) is 17.0. The standard InChI is InChI=1S/C14H18F2N2O4S/c1-2-22-14(19)10-17-5-7-18(8-6-17)23(20,21)13-4-3-11(15)9-12(13)16/h3-4,9H,2,5-8,10H2,1H3. The van der Waals surface area contributed by atoms with Crippen molar-refractivity contribution in [1.29, 1.82) is 0 Å². The Morgan fingerprint density at radius 1 is 1.22 bits per heavy atom. The minimum atomic E-state index is -4.02. The second kappa shape index (κ2) is 7.33. The van der Waals surface area contributed by atoms with Gasteiger partial charge in [0.2, 0.25) is 10.0 Å². The number of nitrogens with zero attached hydrogens (tertiary/aromatic N) is 2. The molecular formula is C14H18F2N2O4S. The summed E-state index contributed by atoms with van der Waals surface area (Å²) in [7, 11) is -4.02. The van der Waals surface area contributed by atoms with E-state index in [4.69, 9.17) is 4.74 Å². The fourth-order valence-electron chi connectivity index (χ4n) is 2.34. The summed E-state index contributed by atoms with van der Waals surface area (Å²) < 4.78 is 57.4. The van der Waals surface area contributed by atoms with E-state index >= 15 is 0 Å². The van der Waals surface area contributed by atoms with Gasteiger partial charge in [0.15, 0.2) is 0 Å². The predicted molar refractivity (Wildman–Crippen MR) is 78.2 cm³/mol. The SMILES string of the molecule is CCOC(=O)CN1CCN(S(=O)(=O)c2ccc(F)cc2F)CC1. The zero-order valence-corrected chi connectivity index (χ0v) is 13.5. The normalized spacial score (nSPS) is 17.2. The largest absolute Gasteiger partial charge is 0.465 e. The summed E-state index contributed by atoms with van der Waals surface area (Å²) in [6.45, 7) is 3.00. The Hall–Kier alpha value is -1.58. The van der Waals surface area contributed by atoms with Crippen LogP contribution in [0, 0.1) is 11.6 Å². The first-order chi connectivity index (χ1) is 10.8. The minimum absolute atomic E-state index is 0.0899. The average Bonchev–Trinajstić information content (AvgIpc) is 2.47. The summed E-state index contributed by atoms with van der Waals surface area (Å²) >= 11 is 0. The van der Waals surface area contributed by atoms with Crippen molar-refractivity contribution in [3.05, 3.63) is 29.8 Å². The van der Waals surface area contributed by atoms with Gasteiger partial charge < -0.3 is 4.74 Å². The summed E-state index contributed by atoms with van der Waals surface area (Å²) in [4.78, 5) is 12.6. The molecule has 128 valence electrons. The molecule has 9 heteroatoms. The molecule has 2 rings (SSSR count). The molecule has 0 bridgehead atoms. The van der Waals surface area contributed by atoms with Crippen molar-refractivity contribution in [3.8, 4) is 0 Å². The first-order valence-corrected chi connectivity index (χ1v) is 8.61. The molecule has 1 aliphatic rings. The summed E-state index contributed by atoms with van der Waals surface area (Å²) in [5, 5.41) is 0. The number of hydrogen-bond donors (Lipinski definition) is 0. The Labute approximate surface area is 133 Å². The van der Waals surface area contributed by atoms with Crippen LogP contribution in [0.5, 0.6) is 0 Å². The van der Waals surface area contributed by atoms with Crippen molar-refractivity contribution in [2.45, 2.75) is 11.8 Å². The maximum atomic E-state index is 13.7. The lowest BCUT2D eigenvalue weighted by molar-refractivity contribution is -0.144. The van der Waals surface area contributed by atoms with Gasteiger partial charge in [-0.2, -0.15) is 4.31 Å². The van der Waals surface area contributed by atoms with Crippen LogP contribution in [-0.2, 0) is 19.6 Å². The molecule has 0 unspecified atom stereocenters. The van der Waals surface area contributed by atoms with Gasteiger partial charge in [-0.1, -0.05) is 0 Å². The number of ether oxygens (including phenoxy) is 1. The van der Waals surface area contributed by atoms with E-state index < -0.39 is 26.6 Å². The molecular weight excluding hydrogens is 330 g/mol. The second-order valence-corrected chi connectivity index (χ2v) is 6.97. The molecule has 1 heterocycles. The average molecular weight is 348 g/mol. The van der Waals surface area contributed by atoms with Crippen molar-refractivity contribution in [2.24, 2.45) is 0 Å². The molecule has 0 radical (unpaired) electrons. The van der Waals surface area contributed by atoms with E-state index in [1.807, 2.05) is 0 Å². The van der Waals surface area contributed by atoms with Gasteiger partial charge in [-0.15, -0.1) is 0 Å². The van der Waals surface area contributed by atoms with E-state index in [1.54, 1.807) is 11.8 Å². The van der Waals surface area contributed by atoms with Gasteiger partial charge in [-0.3, -0.25) is 9.69 Å².